The summed E-state index contributed by atoms with van der Waals surface area (Å²) in [6, 6.07) is -0.895. The third-order valence-electron chi connectivity index (χ3n) is 2.82. The molecule has 0 aromatic carbocycles. The number of nitrogens with two attached hydrogens (primary N) is 1. The highest BCUT2D eigenvalue weighted by Gasteiger charge is 2.22. The summed E-state index contributed by atoms with van der Waals surface area (Å²) in [6.07, 6.45) is 1.35. The molecule has 0 spiro atoms. The normalized spacial score (nSPS) is 16.2. The van der Waals surface area contributed by atoms with Crippen LogP contribution in [0.3, 0.4) is 0 Å². The van der Waals surface area contributed by atoms with E-state index in [1.54, 1.807) is 0 Å². The fraction of sp³-hybridized carbons (Fsp3) is 0.818. The van der Waals surface area contributed by atoms with Crippen molar-refractivity contribution in [1.29, 1.82) is 0 Å². The minimum atomic E-state index is -0.913. The molecule has 0 aliphatic heterocycles. The second kappa shape index (κ2) is 7.22. The molecule has 1 amide bonds. The topological polar surface area (TPSA) is 92.4 Å². The maximum atomic E-state index is 11.7. The highest BCUT2D eigenvalue weighted by molar-refractivity contribution is 5.82. The predicted octanol–water partition coefficient (Wildman–Crippen LogP) is 0.729. The Kier molecular flexibility index (Phi) is 6.72. The molecule has 5 nitrogen and oxygen atoms in total. The molecule has 0 bridgehead atoms. The van der Waals surface area contributed by atoms with Crippen LogP contribution in [0.25, 0.3) is 0 Å². The van der Waals surface area contributed by atoms with E-state index in [9.17, 15) is 9.59 Å². The number of rotatable bonds is 7. The Labute approximate surface area is 96.4 Å². The second-order valence-corrected chi connectivity index (χ2v) is 4.12. The van der Waals surface area contributed by atoms with Crippen molar-refractivity contribution in [2.45, 2.75) is 52.1 Å². The molecule has 0 heterocycles. The van der Waals surface area contributed by atoms with E-state index in [-0.39, 0.29) is 24.3 Å². The zero-order chi connectivity index (χ0) is 12.7. The van der Waals surface area contributed by atoms with Crippen LogP contribution in [0.15, 0.2) is 0 Å². The fourth-order valence-electron chi connectivity index (χ4n) is 1.32. The maximum Gasteiger partial charge on any atom is 0.305 e. The van der Waals surface area contributed by atoms with Gasteiger partial charge in [0.05, 0.1) is 12.5 Å². The minimum Gasteiger partial charge on any atom is -0.481 e. The fourth-order valence-corrected chi connectivity index (χ4v) is 1.32. The first-order valence-electron chi connectivity index (χ1n) is 5.70. The van der Waals surface area contributed by atoms with E-state index in [0.717, 1.165) is 6.42 Å². The van der Waals surface area contributed by atoms with Gasteiger partial charge in [-0.15, -0.1) is 0 Å². The molecule has 94 valence electrons. The molecular formula is C11H22N2O3. The van der Waals surface area contributed by atoms with Crippen LogP contribution in [-0.4, -0.2) is 29.1 Å². The van der Waals surface area contributed by atoms with Gasteiger partial charge in [0.2, 0.25) is 5.91 Å². The van der Waals surface area contributed by atoms with Crippen LogP contribution in [0.5, 0.6) is 0 Å². The second-order valence-electron chi connectivity index (χ2n) is 4.12. The number of nitrogens with one attached hydrogen (secondary N) is 1. The molecule has 0 aromatic heterocycles. The number of carbonyl (C=O) groups excluding carboxylic acids is 1. The molecule has 0 aliphatic rings. The Morgan fingerprint density at radius 2 is 1.88 bits per heavy atom. The van der Waals surface area contributed by atoms with E-state index in [1.165, 1.54) is 0 Å². The molecule has 4 N–H and O–H groups in total. The SMILES string of the molecule is CCC(CC(=O)O)NC(=O)[C@@H](N)[C@@H](C)CC. The van der Waals surface area contributed by atoms with Crippen LogP contribution in [0.4, 0.5) is 0 Å². The van der Waals surface area contributed by atoms with Gasteiger partial charge in [0.1, 0.15) is 0 Å². The number of carboxylic acids is 1. The summed E-state index contributed by atoms with van der Waals surface area (Å²) in [5, 5.41) is 11.3. The average molecular weight is 230 g/mol. The van der Waals surface area contributed by atoms with Crippen molar-refractivity contribution in [1.82, 2.24) is 5.32 Å². The molecule has 0 aliphatic carbocycles. The Hall–Kier alpha value is -1.10. The third-order valence-corrected chi connectivity index (χ3v) is 2.82. The van der Waals surface area contributed by atoms with Crippen molar-refractivity contribution in [3.05, 3.63) is 0 Å². The molecule has 5 heteroatoms. The Bertz CT molecular complexity index is 243. The van der Waals surface area contributed by atoms with Gasteiger partial charge in [-0.25, -0.2) is 0 Å². The lowest BCUT2D eigenvalue weighted by Crippen LogP contribution is -2.48. The van der Waals surface area contributed by atoms with Crippen LogP contribution in [0.1, 0.15) is 40.0 Å². The van der Waals surface area contributed by atoms with E-state index in [4.69, 9.17) is 10.8 Å². The minimum absolute atomic E-state index is 0.0601. The molecule has 16 heavy (non-hydrogen) atoms. The first-order chi connectivity index (χ1) is 7.42. The number of hydrogen-bond donors (Lipinski definition) is 3. The van der Waals surface area contributed by atoms with E-state index < -0.39 is 12.0 Å². The van der Waals surface area contributed by atoms with Crippen LogP contribution in [-0.2, 0) is 9.59 Å². The van der Waals surface area contributed by atoms with Gasteiger partial charge in [-0.3, -0.25) is 9.59 Å². The highest BCUT2D eigenvalue weighted by Crippen LogP contribution is 2.06. The lowest BCUT2D eigenvalue weighted by molar-refractivity contribution is -0.137. The number of hydrogen-bond acceptors (Lipinski definition) is 3. The summed E-state index contributed by atoms with van der Waals surface area (Å²) >= 11 is 0. The summed E-state index contributed by atoms with van der Waals surface area (Å²) < 4.78 is 0. The summed E-state index contributed by atoms with van der Waals surface area (Å²) in [4.78, 5) is 22.2. The van der Waals surface area contributed by atoms with Gasteiger partial charge in [0.25, 0.3) is 0 Å². The first-order valence-corrected chi connectivity index (χ1v) is 5.70. The molecule has 0 fully saturated rings. The van der Waals surface area contributed by atoms with E-state index in [0.29, 0.717) is 6.42 Å². The summed E-state index contributed by atoms with van der Waals surface area (Å²) in [5.41, 5.74) is 5.75. The van der Waals surface area contributed by atoms with Crippen molar-refractivity contribution in [3.63, 3.8) is 0 Å². The molecule has 0 aromatic rings. The third kappa shape index (κ3) is 5.11. The summed E-state index contributed by atoms with van der Waals surface area (Å²) in [7, 11) is 0. The van der Waals surface area contributed by atoms with Crippen molar-refractivity contribution in [2.24, 2.45) is 11.7 Å². The lowest BCUT2D eigenvalue weighted by Gasteiger charge is -2.21. The Morgan fingerprint density at radius 3 is 2.25 bits per heavy atom. The zero-order valence-corrected chi connectivity index (χ0v) is 10.2. The Balaban J connectivity index is 4.24. The van der Waals surface area contributed by atoms with E-state index in [2.05, 4.69) is 5.32 Å². The molecule has 3 atom stereocenters. The monoisotopic (exact) mass is 230 g/mol. The van der Waals surface area contributed by atoms with E-state index in [1.807, 2.05) is 20.8 Å². The van der Waals surface area contributed by atoms with Gasteiger partial charge < -0.3 is 16.2 Å². The van der Waals surface area contributed by atoms with Crippen LogP contribution >= 0.6 is 0 Å². The van der Waals surface area contributed by atoms with Crippen molar-refractivity contribution in [2.75, 3.05) is 0 Å². The van der Waals surface area contributed by atoms with Gasteiger partial charge in [-0.2, -0.15) is 0 Å². The van der Waals surface area contributed by atoms with E-state index >= 15 is 0 Å². The molecule has 1 unspecified atom stereocenters. The largest absolute Gasteiger partial charge is 0.481 e. The number of carboxylic acid groups (broad SMARTS) is 1. The Morgan fingerprint density at radius 1 is 1.31 bits per heavy atom. The van der Waals surface area contributed by atoms with Gasteiger partial charge in [-0.05, 0) is 12.3 Å². The standard InChI is InChI=1S/C11H22N2O3/c1-4-7(3)10(12)11(16)13-8(5-2)6-9(14)15/h7-8,10H,4-6,12H2,1-3H3,(H,13,16)(H,14,15)/t7-,8?,10-/m0/s1. The molecule has 0 saturated heterocycles. The lowest BCUT2D eigenvalue weighted by atomic mass is 9.99. The summed E-state index contributed by atoms with van der Waals surface area (Å²) in [6.45, 7) is 5.71. The van der Waals surface area contributed by atoms with Gasteiger partial charge in [0, 0.05) is 6.04 Å². The molecule has 0 radical (unpaired) electrons. The zero-order valence-electron chi connectivity index (χ0n) is 10.2. The maximum absolute atomic E-state index is 11.7. The average Bonchev–Trinajstić information content (AvgIpc) is 2.25. The quantitative estimate of drug-likeness (QED) is 0.601. The van der Waals surface area contributed by atoms with Crippen molar-refractivity contribution < 1.29 is 14.7 Å². The van der Waals surface area contributed by atoms with Gasteiger partial charge in [0.15, 0.2) is 0 Å². The predicted molar refractivity (Wildman–Crippen MR) is 61.9 cm³/mol. The molecule has 0 saturated carbocycles. The van der Waals surface area contributed by atoms with Crippen LogP contribution < -0.4 is 11.1 Å². The number of carbonyl (C=O) groups is 2. The summed E-state index contributed by atoms with van der Waals surface area (Å²) in [5.74, 6) is -1.07. The van der Waals surface area contributed by atoms with Crippen LogP contribution in [0, 0.1) is 5.92 Å². The number of aliphatic carboxylic acids is 1. The van der Waals surface area contributed by atoms with Gasteiger partial charge in [-0.1, -0.05) is 27.2 Å². The van der Waals surface area contributed by atoms with Crippen LogP contribution in [0.2, 0.25) is 0 Å². The highest BCUT2D eigenvalue weighted by atomic mass is 16.4. The number of amides is 1. The smallest absolute Gasteiger partial charge is 0.305 e. The first kappa shape index (κ1) is 14.9. The molecular weight excluding hydrogens is 208 g/mol. The molecule has 0 rings (SSSR count). The van der Waals surface area contributed by atoms with Gasteiger partial charge >= 0.3 is 5.97 Å². The van der Waals surface area contributed by atoms with Crippen molar-refractivity contribution >= 4 is 11.9 Å². The van der Waals surface area contributed by atoms with Crippen molar-refractivity contribution in [3.8, 4) is 0 Å².